The number of anilines is 1. The van der Waals surface area contributed by atoms with E-state index in [9.17, 15) is 0 Å². The molecule has 1 aromatic carbocycles. The largest absolute Gasteiger partial charge is 0.356 e. The molecule has 94 valence electrons. The first-order valence-electron chi connectivity index (χ1n) is 6.67. The minimum absolute atomic E-state index is 0.879. The Morgan fingerprint density at radius 3 is 2.78 bits per heavy atom. The number of nitrogens with one attached hydrogen (secondary N) is 1. The van der Waals surface area contributed by atoms with Gasteiger partial charge >= 0.3 is 0 Å². The van der Waals surface area contributed by atoms with Gasteiger partial charge in [-0.05, 0) is 32.0 Å². The van der Waals surface area contributed by atoms with E-state index in [4.69, 9.17) is 4.98 Å². The standard InChI is InChI=1S/C15H19N3/c1-16-11-13-10-12-6-2-3-7-14(12)17-15(13)18-8-4-5-9-18/h2-3,6-7,10,16H,4-5,8-9,11H2,1H3. The lowest BCUT2D eigenvalue weighted by Crippen LogP contribution is -2.22. The van der Waals surface area contributed by atoms with Gasteiger partial charge < -0.3 is 10.2 Å². The van der Waals surface area contributed by atoms with Crippen molar-refractivity contribution in [2.75, 3.05) is 25.0 Å². The molecule has 0 amide bonds. The van der Waals surface area contributed by atoms with E-state index in [1.54, 1.807) is 0 Å². The van der Waals surface area contributed by atoms with Gasteiger partial charge in [-0.1, -0.05) is 18.2 Å². The van der Waals surface area contributed by atoms with E-state index >= 15 is 0 Å². The second kappa shape index (κ2) is 4.94. The maximum Gasteiger partial charge on any atom is 0.133 e. The third-order valence-electron chi connectivity index (χ3n) is 3.55. The van der Waals surface area contributed by atoms with Gasteiger partial charge in [-0.2, -0.15) is 0 Å². The molecule has 1 aromatic heterocycles. The Kier molecular flexibility index (Phi) is 3.15. The van der Waals surface area contributed by atoms with Crippen LogP contribution in [-0.4, -0.2) is 25.1 Å². The van der Waals surface area contributed by atoms with Crippen LogP contribution in [0.2, 0.25) is 0 Å². The zero-order chi connectivity index (χ0) is 12.4. The van der Waals surface area contributed by atoms with E-state index in [-0.39, 0.29) is 0 Å². The number of hydrogen-bond acceptors (Lipinski definition) is 3. The molecule has 1 fully saturated rings. The van der Waals surface area contributed by atoms with Crippen molar-refractivity contribution in [3.8, 4) is 0 Å². The summed E-state index contributed by atoms with van der Waals surface area (Å²) in [4.78, 5) is 7.28. The lowest BCUT2D eigenvalue weighted by molar-refractivity contribution is 0.803. The van der Waals surface area contributed by atoms with E-state index in [1.165, 1.54) is 29.6 Å². The molecule has 0 saturated carbocycles. The monoisotopic (exact) mass is 241 g/mol. The molecule has 2 heterocycles. The molecule has 3 heteroatoms. The van der Waals surface area contributed by atoms with Crippen molar-refractivity contribution < 1.29 is 0 Å². The van der Waals surface area contributed by atoms with Gasteiger partial charge in [0.15, 0.2) is 0 Å². The summed E-state index contributed by atoms with van der Waals surface area (Å²) in [5, 5.41) is 4.47. The van der Waals surface area contributed by atoms with Crippen molar-refractivity contribution in [2.45, 2.75) is 19.4 Å². The Hall–Kier alpha value is -1.61. The molecular weight excluding hydrogens is 222 g/mol. The summed E-state index contributed by atoms with van der Waals surface area (Å²) in [5.41, 5.74) is 2.40. The van der Waals surface area contributed by atoms with E-state index in [1.807, 2.05) is 7.05 Å². The minimum Gasteiger partial charge on any atom is -0.356 e. The van der Waals surface area contributed by atoms with Gasteiger partial charge in [-0.3, -0.25) is 0 Å². The number of aromatic nitrogens is 1. The minimum atomic E-state index is 0.879. The summed E-state index contributed by atoms with van der Waals surface area (Å²) in [6.07, 6.45) is 2.57. The van der Waals surface area contributed by atoms with Crippen molar-refractivity contribution >= 4 is 16.7 Å². The average Bonchev–Trinajstić information content (AvgIpc) is 2.92. The van der Waals surface area contributed by atoms with Crippen LogP contribution in [0, 0.1) is 0 Å². The molecule has 3 rings (SSSR count). The molecule has 1 N–H and O–H groups in total. The lowest BCUT2D eigenvalue weighted by atomic mass is 10.1. The van der Waals surface area contributed by atoms with E-state index < -0.39 is 0 Å². The maximum atomic E-state index is 4.86. The van der Waals surface area contributed by atoms with Crippen LogP contribution in [0.3, 0.4) is 0 Å². The highest BCUT2D eigenvalue weighted by Crippen LogP contribution is 2.26. The fraction of sp³-hybridized carbons (Fsp3) is 0.400. The van der Waals surface area contributed by atoms with Crippen LogP contribution in [0.4, 0.5) is 5.82 Å². The number of rotatable bonds is 3. The number of benzene rings is 1. The molecule has 1 saturated heterocycles. The van der Waals surface area contributed by atoms with Crippen LogP contribution in [0.15, 0.2) is 30.3 Å². The first-order chi connectivity index (χ1) is 8.88. The van der Waals surface area contributed by atoms with Crippen LogP contribution in [0.1, 0.15) is 18.4 Å². The Bertz CT molecular complexity index is 544. The Morgan fingerprint density at radius 2 is 2.00 bits per heavy atom. The number of pyridine rings is 1. The highest BCUT2D eigenvalue weighted by atomic mass is 15.2. The van der Waals surface area contributed by atoms with Gasteiger partial charge in [0.05, 0.1) is 5.52 Å². The van der Waals surface area contributed by atoms with Crippen molar-refractivity contribution in [1.82, 2.24) is 10.3 Å². The number of nitrogens with zero attached hydrogens (tertiary/aromatic N) is 2. The normalized spacial score (nSPS) is 15.5. The zero-order valence-electron chi connectivity index (χ0n) is 10.8. The summed E-state index contributed by atoms with van der Waals surface area (Å²) in [7, 11) is 1.99. The molecule has 0 unspecified atom stereocenters. The fourth-order valence-corrected chi connectivity index (χ4v) is 2.67. The second-order valence-corrected chi connectivity index (χ2v) is 4.89. The molecule has 0 aliphatic carbocycles. The Balaban J connectivity index is 2.10. The molecule has 0 bridgehead atoms. The third kappa shape index (κ3) is 2.06. The summed E-state index contributed by atoms with van der Waals surface area (Å²) >= 11 is 0. The predicted octanol–water partition coefficient (Wildman–Crippen LogP) is 2.55. The van der Waals surface area contributed by atoms with Crippen LogP contribution >= 0.6 is 0 Å². The van der Waals surface area contributed by atoms with Crippen molar-refractivity contribution in [2.24, 2.45) is 0 Å². The molecule has 1 aliphatic heterocycles. The van der Waals surface area contributed by atoms with E-state index in [2.05, 4.69) is 40.5 Å². The quantitative estimate of drug-likeness (QED) is 0.895. The molecule has 0 radical (unpaired) electrons. The summed E-state index contributed by atoms with van der Waals surface area (Å²) in [6, 6.07) is 10.6. The van der Waals surface area contributed by atoms with Gasteiger partial charge in [-0.15, -0.1) is 0 Å². The van der Waals surface area contributed by atoms with E-state index in [0.29, 0.717) is 0 Å². The molecule has 2 aromatic rings. The molecule has 0 spiro atoms. The van der Waals surface area contributed by atoms with Crippen molar-refractivity contribution in [1.29, 1.82) is 0 Å². The first-order valence-corrected chi connectivity index (χ1v) is 6.67. The van der Waals surface area contributed by atoms with Crippen LogP contribution in [-0.2, 0) is 6.54 Å². The third-order valence-corrected chi connectivity index (χ3v) is 3.55. The zero-order valence-corrected chi connectivity index (χ0v) is 10.8. The molecule has 1 aliphatic rings. The number of hydrogen-bond donors (Lipinski definition) is 1. The van der Waals surface area contributed by atoms with Gasteiger partial charge in [0, 0.05) is 30.6 Å². The molecule has 18 heavy (non-hydrogen) atoms. The fourth-order valence-electron chi connectivity index (χ4n) is 2.67. The van der Waals surface area contributed by atoms with Crippen LogP contribution in [0.5, 0.6) is 0 Å². The van der Waals surface area contributed by atoms with Gasteiger partial charge in [0.25, 0.3) is 0 Å². The van der Waals surface area contributed by atoms with Crippen molar-refractivity contribution in [3.05, 3.63) is 35.9 Å². The topological polar surface area (TPSA) is 28.2 Å². The number of para-hydroxylation sites is 1. The number of fused-ring (bicyclic) bond motifs is 1. The highest BCUT2D eigenvalue weighted by molar-refractivity contribution is 5.81. The summed E-state index contributed by atoms with van der Waals surface area (Å²) in [5.74, 6) is 1.17. The Morgan fingerprint density at radius 1 is 1.22 bits per heavy atom. The van der Waals surface area contributed by atoms with Gasteiger partial charge in [-0.25, -0.2) is 4.98 Å². The van der Waals surface area contributed by atoms with Crippen LogP contribution < -0.4 is 10.2 Å². The maximum absolute atomic E-state index is 4.86. The average molecular weight is 241 g/mol. The van der Waals surface area contributed by atoms with Crippen molar-refractivity contribution in [3.63, 3.8) is 0 Å². The predicted molar refractivity (Wildman–Crippen MR) is 76.0 cm³/mol. The van der Waals surface area contributed by atoms with E-state index in [0.717, 1.165) is 25.2 Å². The lowest BCUT2D eigenvalue weighted by Gasteiger charge is -2.20. The molecule has 3 nitrogen and oxygen atoms in total. The van der Waals surface area contributed by atoms with Crippen LogP contribution in [0.25, 0.3) is 10.9 Å². The molecule has 0 atom stereocenters. The first kappa shape index (κ1) is 11.5. The second-order valence-electron chi connectivity index (χ2n) is 4.89. The highest BCUT2D eigenvalue weighted by Gasteiger charge is 2.17. The summed E-state index contributed by atoms with van der Waals surface area (Å²) < 4.78 is 0. The SMILES string of the molecule is CNCc1cc2ccccc2nc1N1CCCC1. The smallest absolute Gasteiger partial charge is 0.133 e. The van der Waals surface area contributed by atoms with Gasteiger partial charge in [0.2, 0.25) is 0 Å². The molecular formula is C15H19N3. The van der Waals surface area contributed by atoms with Gasteiger partial charge in [0.1, 0.15) is 5.82 Å². The Labute approximate surface area is 108 Å². The summed E-state index contributed by atoms with van der Waals surface area (Å²) in [6.45, 7) is 3.16.